The van der Waals surface area contributed by atoms with Crippen molar-refractivity contribution in [3.63, 3.8) is 0 Å². The number of hydrogen-bond acceptors (Lipinski definition) is 30. The van der Waals surface area contributed by atoms with Gasteiger partial charge in [-0.15, -0.1) is 0 Å². The molecule has 110 heteroatoms. The van der Waals surface area contributed by atoms with Gasteiger partial charge in [-0.25, -0.2) is 73.0 Å². The van der Waals surface area contributed by atoms with Gasteiger partial charge in [0.1, 0.15) is 0 Å². The summed E-state index contributed by atoms with van der Waals surface area (Å²) in [6.45, 7) is 0. The first-order valence-corrected chi connectivity index (χ1v) is 46.4. The number of phosphoric acid groups is 20. The molecular formula is H50Na10O80P20. The van der Waals surface area contributed by atoms with Crippen molar-refractivity contribution < 1.29 is 680 Å². The molecule has 0 amide bonds. The third-order valence-electron chi connectivity index (χ3n) is 0. The molecule has 0 rings (SSSR count). The molecule has 0 saturated carbocycles. The molecule has 50 N–H and O–H groups in total. The number of rotatable bonds is 0. The van der Waals surface area contributed by atoms with Crippen LogP contribution in [-0.4, -0.2) is 245 Å². The Morgan fingerprint density at radius 3 is 0.100 bits per heavy atom. The summed E-state index contributed by atoms with van der Waals surface area (Å²) in [5, 5.41) is 0. The first kappa shape index (κ1) is 211. The summed E-state index contributed by atoms with van der Waals surface area (Å²) in [6, 6.07) is 0. The molecule has 0 aliphatic rings. The van der Waals surface area contributed by atoms with Crippen molar-refractivity contribution in [3.05, 3.63) is 0 Å². The Labute approximate surface area is 824 Å². The molecule has 0 aromatic carbocycles. The van der Waals surface area contributed by atoms with E-state index in [4.69, 9.17) is 385 Å². The Balaban J connectivity index is -0.0000000218. The van der Waals surface area contributed by atoms with E-state index in [0.29, 0.717) is 0 Å². The first-order valence-electron chi connectivity index (χ1n) is 15.5. The van der Waals surface area contributed by atoms with Crippen LogP contribution < -0.4 is 345 Å². The smallest absolute Gasteiger partial charge is 0.822 e. The molecule has 0 bridgehead atoms. The summed E-state index contributed by atoms with van der Waals surface area (Å²) >= 11 is 0. The summed E-state index contributed by atoms with van der Waals surface area (Å²) in [5.41, 5.74) is 0. The van der Waals surface area contributed by atoms with E-state index >= 15 is 0 Å². The third-order valence-corrected chi connectivity index (χ3v) is 0. The van der Waals surface area contributed by atoms with Crippen molar-refractivity contribution in [1.82, 2.24) is 0 Å². The van der Waals surface area contributed by atoms with E-state index in [-0.39, 0.29) is 296 Å². The topological polar surface area (TPSA) is 1580 Å². The Bertz CT molecular complexity index is 1910. The predicted molar refractivity (Wildman–Crippen MR) is 263 cm³/mol. The monoisotopic (exact) mass is 2180 g/mol. The van der Waals surface area contributed by atoms with Gasteiger partial charge in [-0.05, 0) is 0 Å². The van der Waals surface area contributed by atoms with Gasteiger partial charge in [0, 0.05) is 0 Å². The molecule has 80 nitrogen and oxygen atoms in total. The minimum Gasteiger partial charge on any atom is -0.822 e. The fourth-order valence-electron chi connectivity index (χ4n) is 0. The van der Waals surface area contributed by atoms with Gasteiger partial charge < -0.3 is 307 Å². The zero-order chi connectivity index (χ0) is 90.0. The van der Waals surface area contributed by atoms with E-state index in [9.17, 15) is 0 Å². The maximum atomic E-state index is 8.88. The molecule has 0 aliphatic carbocycles. The van der Waals surface area contributed by atoms with Crippen LogP contribution in [-0.2, 0) is 91.3 Å². The Morgan fingerprint density at radius 1 is 0.100 bits per heavy atom. The van der Waals surface area contributed by atoms with E-state index in [1.807, 2.05) is 0 Å². The second kappa shape index (κ2) is 100. The van der Waals surface area contributed by atoms with E-state index < -0.39 is 156 Å². The molecule has 0 spiro atoms. The van der Waals surface area contributed by atoms with Crippen molar-refractivity contribution >= 4 is 156 Å². The summed E-state index contributed by atoms with van der Waals surface area (Å²) in [4.78, 5) is 445. The Kier molecular flexibility index (Phi) is 192. The molecule has 110 heavy (non-hydrogen) atoms. The molecule has 0 aromatic rings. The van der Waals surface area contributed by atoms with Crippen LogP contribution in [0.25, 0.3) is 0 Å². The van der Waals surface area contributed by atoms with Crippen molar-refractivity contribution in [2.45, 2.75) is 0 Å². The first-order chi connectivity index (χ1) is 40.0. The standard InChI is InChI=1S/10Na.20H3O4P/c;;;;;;;;;;20*1-5(2,3)4/h;;;;;;;;;;20*(H3,1,2,3,4)/q10*+1;;;;;;;;;;;;;;;;;;;;/p-10. The molecule has 0 aromatic heterocycles. The van der Waals surface area contributed by atoms with Crippen LogP contribution in [0, 0.1) is 0 Å². The maximum absolute atomic E-state index is 8.88. The second-order valence-corrected chi connectivity index (χ2v) is 30.1. The molecule has 0 aliphatic heterocycles. The van der Waals surface area contributed by atoms with Crippen LogP contribution in [0.15, 0.2) is 0 Å². The second-order valence-electron chi connectivity index (χ2n) is 10.0. The number of hydrogen-bond donors (Lipinski definition) is 50. The molecular weight excluding hydrogens is 2130 g/mol. The van der Waals surface area contributed by atoms with Crippen LogP contribution in [0.3, 0.4) is 0 Å². The summed E-state index contributed by atoms with van der Waals surface area (Å²) in [6.07, 6.45) is 0. The van der Waals surface area contributed by atoms with Crippen molar-refractivity contribution in [1.29, 1.82) is 0 Å². The van der Waals surface area contributed by atoms with Gasteiger partial charge in [-0.3, -0.25) is 4.57 Å². The summed E-state index contributed by atoms with van der Waals surface area (Å²) in [5.74, 6) is 0. The van der Waals surface area contributed by atoms with Crippen molar-refractivity contribution in [2.24, 2.45) is 0 Å². The fraction of sp³-hybridized carbons (Fsp3) is 0. The molecule has 0 atom stereocenters. The van der Waals surface area contributed by atoms with Crippen LogP contribution in [0.5, 0.6) is 0 Å². The normalized spacial score (nSPS) is 10.7. The molecule has 0 saturated heterocycles. The quantitative estimate of drug-likeness (QED) is 0.0791. The molecule has 0 fully saturated rings. The molecule has 0 radical (unpaired) electrons. The van der Waals surface area contributed by atoms with Crippen LogP contribution >= 0.6 is 156 Å². The van der Waals surface area contributed by atoms with Gasteiger partial charge in [-0.2, -0.15) is 23.5 Å². The minimum atomic E-state index is -5.39. The zero-order valence-corrected chi connectivity index (χ0v) is 91.4. The third kappa shape index (κ3) is 11500. The van der Waals surface area contributed by atoms with Gasteiger partial charge in [0.25, 0.3) is 7.82 Å². The largest absolute Gasteiger partial charge is 1.00 e. The van der Waals surface area contributed by atoms with Crippen LogP contribution in [0.1, 0.15) is 0 Å². The molecule has 0 heterocycles. The van der Waals surface area contributed by atoms with Gasteiger partial charge in [0.15, 0.2) is 0 Å². The summed E-state index contributed by atoms with van der Waals surface area (Å²) in [7, 11) is -95.3. The Morgan fingerprint density at radius 2 is 0.100 bits per heavy atom. The minimum absolute atomic E-state index is 0. The van der Waals surface area contributed by atoms with Gasteiger partial charge >= 0.3 is 421 Å². The average Bonchev–Trinajstić information content (AvgIpc) is 2.87. The zero-order valence-electron chi connectivity index (χ0n) is 53.6. The molecule has 0 unspecified atom stereocenters. The van der Waals surface area contributed by atoms with E-state index in [0.717, 1.165) is 0 Å². The summed E-state index contributed by atoms with van der Waals surface area (Å²) < 4.78 is 177. The van der Waals surface area contributed by atoms with Gasteiger partial charge in [-0.1, -0.05) is 0 Å². The van der Waals surface area contributed by atoms with Crippen LogP contribution in [0.2, 0.25) is 0 Å². The fourth-order valence-corrected chi connectivity index (χ4v) is 0. The van der Waals surface area contributed by atoms with Gasteiger partial charge in [0.2, 0.25) is 0 Å². The SMILES string of the molecule is O=P(O)(O)O.O=P(O)(O)O.O=P(O)(O)O.O=P(O)(O)O.O=P(O)(O)O.O=P(O)(O)O.O=P(O)(O)O.O=P(O)(O)O.O=P(O)(O)O.O=P(O)(O)O.O=P(O)(O)O.O=P(O)(O)O.O=P(O)(O)O.O=P(O)(O)O.O=P(O)(O)O.O=P(O)(O)O.O=P([O-])(O)O.O=P([O-])([O-])[O-].O=P([O-])([O-])[O-].O=P([O-])([O-])[O-].[Na+].[Na+].[Na+].[Na+].[Na+].[Na+].[Na+].[Na+].[Na+].[Na+]. The van der Waals surface area contributed by atoms with Gasteiger partial charge in [0.05, 0.1) is 0 Å². The Hall–Kier alpha value is 12.2. The average molecular weight is 2180 g/mol. The molecule has 640 valence electrons. The predicted octanol–water partition coefficient (Wildman–Crippen LogP) is -54.9. The maximum Gasteiger partial charge on any atom is 1.00 e. The van der Waals surface area contributed by atoms with E-state index in [2.05, 4.69) is 0 Å². The van der Waals surface area contributed by atoms with E-state index in [1.165, 1.54) is 0 Å². The van der Waals surface area contributed by atoms with Crippen LogP contribution in [0.4, 0.5) is 0 Å². The van der Waals surface area contributed by atoms with E-state index in [1.54, 1.807) is 0 Å². The van der Waals surface area contributed by atoms with Crippen molar-refractivity contribution in [2.75, 3.05) is 0 Å². The van der Waals surface area contributed by atoms with Crippen molar-refractivity contribution in [3.8, 4) is 0 Å².